The molecule has 548 valence electrons. The zero-order valence-electron chi connectivity index (χ0n) is 55.6. The minimum atomic E-state index is -1.04. The first-order valence-electron chi connectivity index (χ1n) is 31.0. The maximum atomic E-state index is 13.0. The zero-order valence-corrected chi connectivity index (χ0v) is 55.6. The van der Waals surface area contributed by atoms with Crippen molar-refractivity contribution in [2.24, 2.45) is 0 Å². The van der Waals surface area contributed by atoms with Crippen molar-refractivity contribution in [3.05, 3.63) is 224 Å². The topological polar surface area (TPSA) is 397 Å². The molecule has 0 amide bonds. The van der Waals surface area contributed by atoms with Crippen molar-refractivity contribution in [3.8, 4) is 40.2 Å². The van der Waals surface area contributed by atoms with Crippen molar-refractivity contribution in [1.29, 1.82) is 0 Å². The van der Waals surface area contributed by atoms with Gasteiger partial charge in [0.05, 0.1) is 41.9 Å². The van der Waals surface area contributed by atoms with Gasteiger partial charge in [0.15, 0.2) is 12.2 Å². The Labute approximate surface area is 596 Å². The summed E-state index contributed by atoms with van der Waals surface area (Å²) in [5.74, 6) is -4.94. The lowest BCUT2D eigenvalue weighted by Gasteiger charge is -2.17. The molecule has 0 aliphatic carbocycles. The second-order valence-corrected chi connectivity index (χ2v) is 20.9. The standard InChI is InChI=1S/C39H34O18.C34H30O14/c1-3-31(40)47-17-19-49-38(45)54-27-13-7-23(8-14-27)35(42)53-26-11-5-24(6-12-26)36(43)56-29-21-51-34-30(22-52-33(29)34)57-37(44)25-9-15-28(16-10-25)55-39(46)50-20-18-48-32(41)4-2;1-4-29(35)41-16-18-43-33(39)46-25-10-6-23(7-11-25)21-31(37)48-28-15-14-27(20-22(28)3)45-32(38)24-8-12-26(13-9-24)47-34(40)44-19-17-42-30(36)5-2/h3-16,29-30,33-34H,1-2,17-22H2;4-15,20H,1-2,16-19,21H2,3H3/t29?,30-,33+,34+;/m0./s1. The Bertz CT molecular complexity index is 4120. The van der Waals surface area contributed by atoms with E-state index in [9.17, 15) is 62.3 Å². The summed E-state index contributed by atoms with van der Waals surface area (Å²) < 4.78 is 96.9. The van der Waals surface area contributed by atoms with E-state index >= 15 is 0 Å². The van der Waals surface area contributed by atoms with Gasteiger partial charge >= 0.3 is 78.3 Å². The van der Waals surface area contributed by atoms with Crippen LogP contribution in [0.2, 0.25) is 0 Å². The SMILES string of the molecule is C=CC(=O)OCCOC(=O)Oc1ccc(C(=O)Oc2ccc(C(=O)OC3CO[C@@H]4[C@@H](OC(=O)c5ccc(OC(=O)OCCOC(=O)C=C)cc5)CO[C@H]34)cc2)cc1.C=CC(=O)OCCOC(=O)Oc1ccc(CC(=O)Oc2ccc(OC(=O)c3ccc(OC(=O)OCCOC(=O)C=C)cc3)cc2C)cc1. The summed E-state index contributed by atoms with van der Waals surface area (Å²) in [6, 6.07) is 32.6. The number of carbonyl (C=O) groups excluding carboxylic acids is 13. The molecule has 6 aromatic carbocycles. The molecule has 0 radical (unpaired) electrons. The predicted octanol–water partition coefficient (Wildman–Crippen LogP) is 8.80. The first kappa shape index (κ1) is 78.8. The molecular weight excluding hydrogens is 1390 g/mol. The summed E-state index contributed by atoms with van der Waals surface area (Å²) in [6.45, 7) is 13.1. The summed E-state index contributed by atoms with van der Waals surface area (Å²) in [5.41, 5.74) is 1.72. The summed E-state index contributed by atoms with van der Waals surface area (Å²) in [7, 11) is 0. The van der Waals surface area contributed by atoms with Crippen molar-refractivity contribution < 1.29 is 152 Å². The highest BCUT2D eigenvalue weighted by Crippen LogP contribution is 2.33. The molecule has 2 heterocycles. The van der Waals surface area contributed by atoms with Crippen LogP contribution in [0.15, 0.2) is 190 Å². The fourth-order valence-electron chi connectivity index (χ4n) is 8.62. The third-order valence-electron chi connectivity index (χ3n) is 13.6. The lowest BCUT2D eigenvalue weighted by atomic mass is 10.1. The van der Waals surface area contributed by atoms with E-state index in [1.807, 2.05) is 0 Å². The van der Waals surface area contributed by atoms with Gasteiger partial charge in [-0.25, -0.2) is 57.5 Å². The van der Waals surface area contributed by atoms with Gasteiger partial charge in [-0.3, -0.25) is 4.79 Å². The smallest absolute Gasteiger partial charge is 0.459 e. The molecule has 2 fully saturated rings. The Kier molecular flexibility index (Phi) is 30.5. The number of hydrogen-bond donors (Lipinski definition) is 0. The summed E-state index contributed by atoms with van der Waals surface area (Å²) in [5, 5.41) is 0. The fraction of sp³-hybridized carbons (Fsp3) is 0.219. The van der Waals surface area contributed by atoms with Gasteiger partial charge in [-0.1, -0.05) is 38.4 Å². The largest absolute Gasteiger partial charge is 0.513 e. The van der Waals surface area contributed by atoms with Crippen molar-refractivity contribution in [2.45, 2.75) is 37.8 Å². The van der Waals surface area contributed by atoms with Crippen LogP contribution in [0.25, 0.3) is 0 Å². The van der Waals surface area contributed by atoms with Crippen LogP contribution in [0.4, 0.5) is 19.2 Å². The van der Waals surface area contributed by atoms with Gasteiger partial charge in [-0.15, -0.1) is 0 Å². The van der Waals surface area contributed by atoms with Gasteiger partial charge in [-0.05, 0) is 145 Å². The van der Waals surface area contributed by atoms with Crippen molar-refractivity contribution in [3.63, 3.8) is 0 Å². The summed E-state index contributed by atoms with van der Waals surface area (Å²) >= 11 is 0. The van der Waals surface area contributed by atoms with Crippen LogP contribution in [0.5, 0.6) is 40.2 Å². The third-order valence-corrected chi connectivity index (χ3v) is 13.6. The molecule has 0 aromatic heterocycles. The van der Waals surface area contributed by atoms with E-state index in [2.05, 4.69) is 45.3 Å². The second-order valence-electron chi connectivity index (χ2n) is 20.9. The molecule has 0 N–H and O–H groups in total. The molecule has 2 aliphatic heterocycles. The van der Waals surface area contributed by atoms with Gasteiger partial charge in [0.25, 0.3) is 0 Å². The molecule has 2 saturated heterocycles. The van der Waals surface area contributed by atoms with Crippen LogP contribution in [-0.4, -0.2) is 169 Å². The van der Waals surface area contributed by atoms with Gasteiger partial charge in [-0.2, -0.15) is 0 Å². The number of benzene rings is 6. The van der Waals surface area contributed by atoms with Gasteiger partial charge in [0.1, 0.15) is 105 Å². The van der Waals surface area contributed by atoms with E-state index in [-0.39, 0.29) is 135 Å². The lowest BCUT2D eigenvalue weighted by molar-refractivity contribution is -0.139. The first-order valence-corrected chi connectivity index (χ1v) is 31.0. The fourth-order valence-corrected chi connectivity index (χ4v) is 8.62. The minimum absolute atomic E-state index is 0.0107. The van der Waals surface area contributed by atoms with Crippen molar-refractivity contribution in [2.75, 3.05) is 66.1 Å². The Balaban J connectivity index is 0.000000298. The number of rotatable bonds is 31. The molecule has 105 heavy (non-hydrogen) atoms. The number of fused-ring (bicyclic) bond motifs is 1. The molecule has 32 nitrogen and oxygen atoms in total. The molecule has 8 rings (SSSR count). The number of hydrogen-bond acceptors (Lipinski definition) is 32. The monoisotopic (exact) mass is 1450 g/mol. The van der Waals surface area contributed by atoms with E-state index in [1.54, 1.807) is 19.1 Å². The quantitative estimate of drug-likeness (QED) is 0.00979. The second kappa shape index (κ2) is 40.7. The van der Waals surface area contributed by atoms with E-state index in [0.29, 0.717) is 11.1 Å². The van der Waals surface area contributed by atoms with Crippen molar-refractivity contribution >= 4 is 78.3 Å². The summed E-state index contributed by atoms with van der Waals surface area (Å²) in [4.78, 5) is 155. The Hall–Kier alpha value is -13.5. The number of carbonyl (C=O) groups is 13. The van der Waals surface area contributed by atoms with Crippen LogP contribution < -0.4 is 33.2 Å². The molecule has 0 saturated carbocycles. The third kappa shape index (κ3) is 26.5. The van der Waals surface area contributed by atoms with E-state index in [1.165, 1.54) is 127 Å². The Morgan fingerprint density at radius 1 is 0.343 bits per heavy atom. The molecule has 0 bridgehead atoms. The molecule has 0 spiro atoms. The lowest BCUT2D eigenvalue weighted by Crippen LogP contribution is -2.36. The average Bonchev–Trinajstić information content (AvgIpc) is 1.65. The number of esters is 9. The van der Waals surface area contributed by atoms with Crippen LogP contribution in [0, 0.1) is 6.92 Å². The van der Waals surface area contributed by atoms with Crippen LogP contribution >= 0.6 is 0 Å². The van der Waals surface area contributed by atoms with E-state index in [0.717, 1.165) is 24.3 Å². The Morgan fingerprint density at radius 3 is 0.933 bits per heavy atom. The number of aryl methyl sites for hydroxylation is 1. The maximum Gasteiger partial charge on any atom is 0.513 e. The predicted molar refractivity (Wildman–Crippen MR) is 353 cm³/mol. The van der Waals surface area contributed by atoms with Crippen LogP contribution in [0.3, 0.4) is 0 Å². The summed E-state index contributed by atoms with van der Waals surface area (Å²) in [6.07, 6.45) is -3.29. The van der Waals surface area contributed by atoms with E-state index in [4.69, 9.17) is 71.1 Å². The molecule has 2 aliphatic rings. The molecule has 6 aromatic rings. The maximum absolute atomic E-state index is 13.0. The Morgan fingerprint density at radius 2 is 0.619 bits per heavy atom. The zero-order chi connectivity index (χ0) is 75.6. The molecule has 32 heteroatoms. The molecule has 4 atom stereocenters. The van der Waals surface area contributed by atoms with Gasteiger partial charge in [0.2, 0.25) is 0 Å². The minimum Gasteiger partial charge on any atom is -0.459 e. The average molecular weight is 1450 g/mol. The van der Waals surface area contributed by atoms with E-state index < -0.39 is 103 Å². The first-order chi connectivity index (χ1) is 50.6. The molecular formula is C73H64O32. The van der Waals surface area contributed by atoms with Gasteiger partial charge < -0.3 is 90.0 Å². The highest BCUT2D eigenvalue weighted by atomic mass is 16.8. The normalized spacial score (nSPS) is 14.2. The van der Waals surface area contributed by atoms with Crippen LogP contribution in [0.1, 0.15) is 52.6 Å². The molecule has 1 unspecified atom stereocenters. The highest BCUT2D eigenvalue weighted by molar-refractivity contribution is 5.93. The van der Waals surface area contributed by atoms with Crippen molar-refractivity contribution in [1.82, 2.24) is 0 Å². The highest BCUT2D eigenvalue weighted by Gasteiger charge is 2.51. The van der Waals surface area contributed by atoms with Gasteiger partial charge in [0, 0.05) is 24.3 Å². The number of ether oxygens (including phenoxy) is 19. The van der Waals surface area contributed by atoms with Crippen LogP contribution in [-0.2, 0) is 87.2 Å².